The Kier molecular flexibility index (Phi) is 1000. The molecule has 0 saturated heterocycles. The van der Waals surface area contributed by atoms with Gasteiger partial charge in [-0.05, 0) is 0 Å². The van der Waals surface area contributed by atoms with Crippen LogP contribution in [0.3, 0.4) is 0 Å². The number of hydrogen-bond donors (Lipinski definition) is 0. The van der Waals surface area contributed by atoms with E-state index in [4.69, 9.17) is 0 Å². The summed E-state index contributed by atoms with van der Waals surface area (Å²) in [7, 11) is 0. The van der Waals surface area contributed by atoms with E-state index >= 15 is 0 Å². The van der Waals surface area contributed by atoms with Crippen LogP contribution in [0, 0.1) is 0 Å². The van der Waals surface area contributed by atoms with Gasteiger partial charge in [0.15, 0.2) is 0 Å². The van der Waals surface area contributed by atoms with Gasteiger partial charge in [0.25, 0.3) is 0 Å². The third-order valence-corrected chi connectivity index (χ3v) is 0. The molecule has 0 fully saturated rings. The molecule has 0 unspecified atom stereocenters. The molecule has 4 nitrogen and oxygen atoms in total. The van der Waals surface area contributed by atoms with E-state index in [9.17, 15) is 0 Å². The van der Waals surface area contributed by atoms with Gasteiger partial charge in [0, 0.05) is 0 Å². The fraction of sp³-hybridized carbons (Fsp3) is 0. The summed E-state index contributed by atoms with van der Waals surface area (Å²) in [5, 5.41) is 0. The Hall–Kier alpha value is 2.72. The third kappa shape index (κ3) is 53.2. The average molecular weight is 178 g/mol. The molecule has 7 heavy (non-hydrogen) atoms. The Bertz CT molecular complexity index is 11.7. The van der Waals surface area contributed by atoms with Crippen LogP contribution in [0.1, 0.15) is 0 Å². The first kappa shape index (κ1) is 99.8. The zero-order valence-corrected chi connectivity index (χ0v) is 9.55. The first-order valence-electron chi connectivity index (χ1n) is 0. The van der Waals surface area contributed by atoms with Crippen LogP contribution in [0.2, 0.25) is 0 Å². The van der Waals surface area contributed by atoms with Crippen molar-refractivity contribution in [1.29, 1.82) is 0 Å². The molecule has 0 aliphatic carbocycles. The van der Waals surface area contributed by atoms with Gasteiger partial charge in [0.05, 0.1) is 0 Å². The summed E-state index contributed by atoms with van der Waals surface area (Å²) in [5.41, 5.74) is 0. The molecule has 0 bridgehead atoms. The number of rotatable bonds is 0. The molecule has 0 aliphatic rings. The van der Waals surface area contributed by atoms with Crippen molar-refractivity contribution in [3.63, 3.8) is 0 Å². The van der Waals surface area contributed by atoms with Crippen LogP contribution in [0.15, 0.2) is 0 Å². The molecule has 7 heteroatoms. The molecule has 0 aromatic carbocycles. The predicted octanol–water partition coefficient (Wildman–Crippen LogP) is -3.85. The fourth-order valence-corrected chi connectivity index (χ4v) is 0. The fourth-order valence-electron chi connectivity index (χ4n) is 0. The second kappa shape index (κ2) is 70.2. The van der Waals surface area contributed by atoms with Gasteiger partial charge >= 0.3 is 90.5 Å². The normalized spacial score (nSPS) is 0. The van der Waals surface area contributed by atoms with Crippen molar-refractivity contribution in [1.82, 2.24) is 0 Å². The molecule has 0 N–H and O–H groups in total. The van der Waals surface area contributed by atoms with Gasteiger partial charge in [-0.1, -0.05) is 0 Å². The van der Waals surface area contributed by atoms with Crippen LogP contribution in [0.25, 0.3) is 0 Å². The standard InChI is InChI=1S/Al.K.4O.Ti/q+3;+1;4*-2;+4. The molecule has 0 atom stereocenters. The van der Waals surface area contributed by atoms with E-state index in [1.165, 1.54) is 0 Å². The van der Waals surface area contributed by atoms with Crippen molar-refractivity contribution in [3.8, 4) is 0 Å². The largest absolute Gasteiger partial charge is 4.00 e. The van der Waals surface area contributed by atoms with Crippen molar-refractivity contribution in [3.05, 3.63) is 0 Å². The van der Waals surface area contributed by atoms with E-state index in [0.29, 0.717) is 0 Å². The van der Waals surface area contributed by atoms with Crippen LogP contribution in [0.4, 0.5) is 0 Å². The van der Waals surface area contributed by atoms with Gasteiger partial charge in [0.1, 0.15) is 0 Å². The van der Waals surface area contributed by atoms with Gasteiger partial charge in [-0.15, -0.1) is 0 Å². The topological polar surface area (TPSA) is 114 Å². The van der Waals surface area contributed by atoms with Crippen molar-refractivity contribution >= 4 is 17.4 Å². The van der Waals surface area contributed by atoms with Crippen LogP contribution in [-0.2, 0) is 43.6 Å². The molecule has 0 aromatic rings. The smallest absolute Gasteiger partial charge is 2.00 e. The van der Waals surface area contributed by atoms with Gasteiger partial charge in [-0.2, -0.15) is 0 Å². The van der Waals surface area contributed by atoms with E-state index in [2.05, 4.69) is 0 Å². The van der Waals surface area contributed by atoms with E-state index in [0.717, 1.165) is 0 Å². The Morgan fingerprint density at radius 3 is 0.571 bits per heavy atom. The Morgan fingerprint density at radius 1 is 0.571 bits per heavy atom. The molecule has 0 radical (unpaired) electrons. The summed E-state index contributed by atoms with van der Waals surface area (Å²) in [5.74, 6) is 0. The summed E-state index contributed by atoms with van der Waals surface area (Å²) in [6, 6.07) is 0. The van der Waals surface area contributed by atoms with Crippen molar-refractivity contribution in [2.24, 2.45) is 0 Å². The predicted molar refractivity (Wildman–Crippen MR) is 8.50 cm³/mol. The molecular formula is AlKO4Ti. The molecule has 32 valence electrons. The number of hydrogen-bond acceptors (Lipinski definition) is 0. The summed E-state index contributed by atoms with van der Waals surface area (Å²) in [6.45, 7) is 0. The molecule has 0 aliphatic heterocycles. The summed E-state index contributed by atoms with van der Waals surface area (Å²) >= 11 is 0. The average Bonchev–Trinajstić information content (AvgIpc) is 0. The third-order valence-electron chi connectivity index (χ3n) is 0. The summed E-state index contributed by atoms with van der Waals surface area (Å²) in [4.78, 5) is 0. The van der Waals surface area contributed by atoms with E-state index in [1.807, 2.05) is 0 Å². The van der Waals surface area contributed by atoms with Crippen LogP contribution in [0.5, 0.6) is 0 Å². The van der Waals surface area contributed by atoms with Gasteiger partial charge in [-0.25, -0.2) is 0 Å². The minimum absolute atomic E-state index is 0. The maximum Gasteiger partial charge on any atom is 4.00 e. The monoisotopic (exact) mass is 178 g/mol. The zero-order valence-electron chi connectivity index (χ0n) is 3.71. The second-order valence-corrected chi connectivity index (χ2v) is 0. The molecular weight excluding hydrogens is 178 g/mol. The maximum absolute atomic E-state index is 0. The molecule has 0 aromatic heterocycles. The minimum Gasteiger partial charge on any atom is -2.00 e. The van der Waals surface area contributed by atoms with Crippen molar-refractivity contribution in [2.75, 3.05) is 0 Å². The van der Waals surface area contributed by atoms with Crippen molar-refractivity contribution < 1.29 is 95.0 Å². The molecule has 0 heterocycles. The molecule has 0 spiro atoms. The first-order chi connectivity index (χ1) is 0. The minimum atomic E-state index is 0. The van der Waals surface area contributed by atoms with Gasteiger partial charge in [0.2, 0.25) is 0 Å². The van der Waals surface area contributed by atoms with E-state index in [1.54, 1.807) is 0 Å². The summed E-state index contributed by atoms with van der Waals surface area (Å²) in [6.07, 6.45) is 0. The maximum atomic E-state index is 0. The molecule has 0 amide bonds. The quantitative estimate of drug-likeness (QED) is 0.338. The van der Waals surface area contributed by atoms with E-state index in [-0.39, 0.29) is 112 Å². The van der Waals surface area contributed by atoms with Gasteiger partial charge in [-0.3, -0.25) is 0 Å². The Balaban J connectivity index is 0. The SMILES string of the molecule is [Al+3].[K+].[O-2].[O-2].[O-2].[O-2].[Ti+4]. The first-order valence-corrected chi connectivity index (χ1v) is 0. The Morgan fingerprint density at radius 2 is 0.571 bits per heavy atom. The van der Waals surface area contributed by atoms with Crippen LogP contribution < -0.4 is 51.4 Å². The Labute approximate surface area is 110 Å². The van der Waals surface area contributed by atoms with E-state index < -0.39 is 0 Å². The van der Waals surface area contributed by atoms with Crippen molar-refractivity contribution in [2.45, 2.75) is 0 Å². The van der Waals surface area contributed by atoms with Crippen LogP contribution in [-0.4, -0.2) is 17.4 Å². The molecule has 0 saturated carbocycles. The van der Waals surface area contributed by atoms with Crippen LogP contribution >= 0.6 is 0 Å². The zero-order chi connectivity index (χ0) is 0. The van der Waals surface area contributed by atoms with Gasteiger partial charge < -0.3 is 21.9 Å². The summed E-state index contributed by atoms with van der Waals surface area (Å²) < 4.78 is 0. The molecule has 0 rings (SSSR count). The second-order valence-electron chi connectivity index (χ2n) is 0.